The van der Waals surface area contributed by atoms with Gasteiger partial charge in [0.15, 0.2) is 0 Å². The van der Waals surface area contributed by atoms with Gasteiger partial charge in [0.2, 0.25) is 6.54 Å². The number of nitrogens with two attached hydrogens (primary N) is 1. The van der Waals surface area contributed by atoms with Gasteiger partial charge in [0, 0.05) is 19.0 Å². The van der Waals surface area contributed by atoms with Crippen molar-refractivity contribution in [1.29, 1.82) is 0 Å². The third-order valence-corrected chi connectivity index (χ3v) is 3.78. The maximum absolute atomic E-state index is 12.4. The zero-order valence-electron chi connectivity index (χ0n) is 13.4. The molecule has 8 heteroatoms. The van der Waals surface area contributed by atoms with Gasteiger partial charge in [0.1, 0.15) is 5.82 Å². The number of nitrogen functional groups attached to an aromatic ring is 1. The van der Waals surface area contributed by atoms with Crippen molar-refractivity contribution < 1.29 is 4.92 Å². The van der Waals surface area contributed by atoms with Crippen molar-refractivity contribution in [2.75, 3.05) is 12.3 Å². The Labute approximate surface area is 137 Å². The number of nitro groups is 1. The summed E-state index contributed by atoms with van der Waals surface area (Å²) in [6.07, 6.45) is 3.26. The van der Waals surface area contributed by atoms with Gasteiger partial charge in [-0.05, 0) is 5.56 Å². The summed E-state index contributed by atoms with van der Waals surface area (Å²) in [6, 6.07) is 9.19. The van der Waals surface area contributed by atoms with Gasteiger partial charge in [0.25, 0.3) is 5.56 Å². The summed E-state index contributed by atoms with van der Waals surface area (Å²) in [6.45, 7) is -0.499. The van der Waals surface area contributed by atoms with Crippen LogP contribution in [-0.2, 0) is 14.1 Å². The molecule has 2 N–H and O–H groups in total. The molecular formula is C16H18N4O4. The molecule has 1 unspecified atom stereocenters. The summed E-state index contributed by atoms with van der Waals surface area (Å²) in [4.78, 5) is 34.8. The van der Waals surface area contributed by atoms with Crippen molar-refractivity contribution in [1.82, 2.24) is 9.13 Å². The van der Waals surface area contributed by atoms with Crippen LogP contribution in [0.5, 0.6) is 0 Å². The van der Waals surface area contributed by atoms with Crippen LogP contribution in [0, 0.1) is 10.1 Å². The number of hydrogen-bond acceptors (Lipinski definition) is 5. The summed E-state index contributed by atoms with van der Waals surface area (Å²) >= 11 is 0. The third kappa shape index (κ3) is 3.43. The lowest BCUT2D eigenvalue weighted by Gasteiger charge is -2.15. The fourth-order valence-electron chi connectivity index (χ4n) is 2.43. The standard InChI is InChI=1S/C16H18N4O4/c1-18-14(17)13(15(21)19(2)16(18)22)12(10-20(23)24)9-8-11-6-4-3-5-7-11/h3-9,12H,10,17H2,1-2H3. The first-order chi connectivity index (χ1) is 11.3. The lowest BCUT2D eigenvalue weighted by Crippen LogP contribution is -2.41. The van der Waals surface area contributed by atoms with E-state index in [2.05, 4.69) is 0 Å². The van der Waals surface area contributed by atoms with Crippen LogP contribution in [0.25, 0.3) is 6.08 Å². The summed E-state index contributed by atoms with van der Waals surface area (Å²) in [7, 11) is 2.74. The Bertz CT molecular complexity index is 897. The van der Waals surface area contributed by atoms with Crippen molar-refractivity contribution in [2.45, 2.75) is 5.92 Å². The zero-order valence-corrected chi connectivity index (χ0v) is 13.4. The van der Waals surface area contributed by atoms with Gasteiger partial charge in [-0.1, -0.05) is 42.5 Å². The molecule has 8 nitrogen and oxygen atoms in total. The van der Waals surface area contributed by atoms with Gasteiger partial charge in [-0.15, -0.1) is 0 Å². The van der Waals surface area contributed by atoms with Gasteiger partial charge in [-0.2, -0.15) is 0 Å². The SMILES string of the molecule is Cn1c(N)c(C(C=Cc2ccccc2)C[N+](=O)[O-])c(=O)n(C)c1=O. The molecular weight excluding hydrogens is 312 g/mol. The van der Waals surface area contributed by atoms with Gasteiger partial charge >= 0.3 is 5.69 Å². The molecule has 0 spiro atoms. The second-order valence-electron chi connectivity index (χ2n) is 5.40. The third-order valence-electron chi connectivity index (χ3n) is 3.78. The Hall–Kier alpha value is -3.16. The van der Waals surface area contributed by atoms with Crippen LogP contribution in [0.2, 0.25) is 0 Å². The monoisotopic (exact) mass is 330 g/mol. The highest BCUT2D eigenvalue weighted by Crippen LogP contribution is 2.20. The van der Waals surface area contributed by atoms with Crippen molar-refractivity contribution in [3.63, 3.8) is 0 Å². The van der Waals surface area contributed by atoms with E-state index in [9.17, 15) is 19.7 Å². The lowest BCUT2D eigenvalue weighted by atomic mass is 9.99. The number of nitrogens with zero attached hydrogens (tertiary/aromatic N) is 3. The molecule has 0 bridgehead atoms. The number of anilines is 1. The van der Waals surface area contributed by atoms with Crippen LogP contribution in [0.3, 0.4) is 0 Å². The first kappa shape index (κ1) is 17.2. The van der Waals surface area contributed by atoms with Crippen LogP contribution in [0.15, 0.2) is 46.0 Å². The van der Waals surface area contributed by atoms with Crippen LogP contribution in [-0.4, -0.2) is 20.6 Å². The molecule has 0 amide bonds. The van der Waals surface area contributed by atoms with E-state index >= 15 is 0 Å². The lowest BCUT2D eigenvalue weighted by molar-refractivity contribution is -0.481. The summed E-state index contributed by atoms with van der Waals surface area (Å²) < 4.78 is 2.01. The van der Waals surface area contributed by atoms with E-state index in [0.29, 0.717) is 0 Å². The molecule has 2 aromatic rings. The Morgan fingerprint density at radius 3 is 2.42 bits per heavy atom. The van der Waals surface area contributed by atoms with Gasteiger partial charge in [-0.3, -0.25) is 24.0 Å². The van der Waals surface area contributed by atoms with Crippen LogP contribution in [0.4, 0.5) is 5.82 Å². The summed E-state index contributed by atoms with van der Waals surface area (Å²) in [5.74, 6) is -0.904. The average Bonchev–Trinajstić information content (AvgIpc) is 2.56. The topological polar surface area (TPSA) is 113 Å². The minimum atomic E-state index is -0.842. The van der Waals surface area contributed by atoms with E-state index in [0.717, 1.165) is 14.7 Å². The predicted octanol–water partition coefficient (Wildman–Crippen LogP) is 0.740. The number of hydrogen-bond donors (Lipinski definition) is 1. The molecule has 0 aliphatic rings. The van der Waals surface area contributed by atoms with E-state index < -0.39 is 28.6 Å². The number of benzene rings is 1. The normalized spacial score (nSPS) is 12.4. The average molecular weight is 330 g/mol. The Morgan fingerprint density at radius 1 is 1.21 bits per heavy atom. The predicted molar refractivity (Wildman–Crippen MR) is 91.4 cm³/mol. The maximum Gasteiger partial charge on any atom is 0.332 e. The molecule has 1 heterocycles. The quantitative estimate of drug-likeness (QED) is 0.641. The van der Waals surface area contributed by atoms with Crippen LogP contribution in [0.1, 0.15) is 17.0 Å². The second-order valence-corrected chi connectivity index (χ2v) is 5.40. The molecule has 1 aromatic heterocycles. The molecule has 0 fully saturated rings. The molecule has 0 aliphatic heterocycles. The fourth-order valence-corrected chi connectivity index (χ4v) is 2.43. The first-order valence-electron chi connectivity index (χ1n) is 7.23. The molecule has 0 saturated heterocycles. The molecule has 0 radical (unpaired) electrons. The highest BCUT2D eigenvalue weighted by atomic mass is 16.6. The van der Waals surface area contributed by atoms with E-state index in [1.54, 1.807) is 12.2 Å². The van der Waals surface area contributed by atoms with E-state index in [-0.39, 0.29) is 11.4 Å². The van der Waals surface area contributed by atoms with E-state index in [4.69, 9.17) is 5.73 Å². The number of rotatable bonds is 5. The summed E-state index contributed by atoms with van der Waals surface area (Å²) in [5, 5.41) is 11.0. The Kier molecular flexibility index (Phi) is 4.98. The minimum Gasteiger partial charge on any atom is -0.385 e. The molecule has 126 valence electrons. The molecule has 1 aromatic carbocycles. The Balaban J connectivity index is 2.58. The second kappa shape index (κ2) is 6.95. The van der Waals surface area contributed by atoms with Crippen molar-refractivity contribution >= 4 is 11.9 Å². The smallest absolute Gasteiger partial charge is 0.332 e. The molecule has 2 rings (SSSR count). The number of aromatic nitrogens is 2. The zero-order chi connectivity index (χ0) is 17.9. The van der Waals surface area contributed by atoms with Crippen molar-refractivity contribution in [2.24, 2.45) is 14.1 Å². The highest BCUT2D eigenvalue weighted by molar-refractivity contribution is 5.52. The molecule has 0 aliphatic carbocycles. The molecule has 24 heavy (non-hydrogen) atoms. The Morgan fingerprint density at radius 2 is 1.83 bits per heavy atom. The van der Waals surface area contributed by atoms with Gasteiger partial charge in [0.05, 0.1) is 11.5 Å². The van der Waals surface area contributed by atoms with Crippen LogP contribution >= 0.6 is 0 Å². The van der Waals surface area contributed by atoms with E-state index in [1.807, 2.05) is 30.3 Å². The van der Waals surface area contributed by atoms with E-state index in [1.165, 1.54) is 14.1 Å². The van der Waals surface area contributed by atoms with Crippen LogP contribution < -0.4 is 17.0 Å². The van der Waals surface area contributed by atoms with Gasteiger partial charge < -0.3 is 5.73 Å². The van der Waals surface area contributed by atoms with Crippen molar-refractivity contribution in [3.8, 4) is 0 Å². The molecule has 1 atom stereocenters. The minimum absolute atomic E-state index is 0.0449. The van der Waals surface area contributed by atoms with Gasteiger partial charge in [-0.25, -0.2) is 4.79 Å². The maximum atomic E-state index is 12.4. The summed E-state index contributed by atoms with van der Waals surface area (Å²) in [5.41, 5.74) is 5.58. The fraction of sp³-hybridized carbons (Fsp3) is 0.250. The van der Waals surface area contributed by atoms with Crippen molar-refractivity contribution in [3.05, 3.63) is 78.5 Å². The largest absolute Gasteiger partial charge is 0.385 e. The molecule has 0 saturated carbocycles. The highest BCUT2D eigenvalue weighted by Gasteiger charge is 2.24. The first-order valence-corrected chi connectivity index (χ1v) is 7.23.